The molecule has 2 unspecified atom stereocenters. The van der Waals surface area contributed by atoms with E-state index in [1.54, 1.807) is 6.20 Å². The number of morpholine rings is 1. The lowest BCUT2D eigenvalue weighted by Gasteiger charge is -2.38. The Balaban J connectivity index is 2.15. The van der Waals surface area contributed by atoms with Gasteiger partial charge in [0.15, 0.2) is 0 Å². The van der Waals surface area contributed by atoms with Crippen LogP contribution in [-0.4, -0.2) is 53.5 Å². The minimum Gasteiger partial charge on any atom is -0.394 e. The maximum atomic E-state index is 9.18. The highest BCUT2D eigenvalue weighted by Crippen LogP contribution is 2.20. The van der Waals surface area contributed by atoms with Crippen LogP contribution in [0.3, 0.4) is 0 Å². The van der Waals surface area contributed by atoms with Gasteiger partial charge in [-0.1, -0.05) is 0 Å². The van der Waals surface area contributed by atoms with E-state index in [-0.39, 0.29) is 18.8 Å². The van der Waals surface area contributed by atoms with Crippen molar-refractivity contribution in [3.63, 3.8) is 0 Å². The predicted octanol–water partition coefficient (Wildman–Crippen LogP) is 0.494. The summed E-state index contributed by atoms with van der Waals surface area (Å²) in [6.07, 6.45) is 1.61. The summed E-state index contributed by atoms with van der Waals surface area (Å²) in [7, 11) is 0. The number of aliphatic hydroxyl groups excluding tert-OH is 1. The molecule has 1 aromatic heterocycles. The fraction of sp³-hybridized carbons (Fsp3) is 0.667. The van der Waals surface area contributed by atoms with E-state index in [0.717, 1.165) is 12.4 Å². The van der Waals surface area contributed by atoms with Gasteiger partial charge in [-0.3, -0.25) is 0 Å². The van der Waals surface area contributed by atoms with E-state index in [4.69, 9.17) is 4.74 Å². The first-order valence-corrected chi connectivity index (χ1v) is 6.30. The molecule has 2 heterocycles. The van der Waals surface area contributed by atoms with E-state index in [1.807, 2.05) is 13.0 Å². The Labute approximate surface area is 107 Å². The molecular weight excluding hydrogens is 232 g/mol. The molecule has 0 amide bonds. The molecule has 0 aromatic carbocycles. The summed E-state index contributed by atoms with van der Waals surface area (Å²) in [5.41, 5.74) is 0. The van der Waals surface area contributed by atoms with Crippen LogP contribution in [0.4, 0.5) is 11.8 Å². The van der Waals surface area contributed by atoms with Crippen molar-refractivity contribution in [2.45, 2.75) is 26.0 Å². The first kappa shape index (κ1) is 13.0. The highest BCUT2D eigenvalue weighted by atomic mass is 16.5. The average Bonchev–Trinajstić information content (AvgIpc) is 2.40. The maximum Gasteiger partial charge on any atom is 0.224 e. The monoisotopic (exact) mass is 252 g/mol. The van der Waals surface area contributed by atoms with Crippen molar-refractivity contribution in [2.24, 2.45) is 0 Å². The molecular formula is C12H20N4O2. The Morgan fingerprint density at radius 2 is 2.44 bits per heavy atom. The summed E-state index contributed by atoms with van der Waals surface area (Å²) < 4.78 is 5.52. The Bertz CT molecular complexity index is 388. The molecule has 2 rings (SSSR count). The molecule has 6 nitrogen and oxygen atoms in total. The van der Waals surface area contributed by atoms with Gasteiger partial charge in [0, 0.05) is 19.3 Å². The maximum absolute atomic E-state index is 9.18. The van der Waals surface area contributed by atoms with Gasteiger partial charge in [0.05, 0.1) is 25.4 Å². The normalized spacial score (nSPS) is 24.1. The van der Waals surface area contributed by atoms with E-state index < -0.39 is 0 Å². The van der Waals surface area contributed by atoms with Crippen LogP contribution in [0.5, 0.6) is 0 Å². The fourth-order valence-corrected chi connectivity index (χ4v) is 2.00. The predicted molar refractivity (Wildman–Crippen MR) is 69.8 cm³/mol. The molecule has 1 fully saturated rings. The largest absolute Gasteiger partial charge is 0.394 e. The van der Waals surface area contributed by atoms with Crippen LogP contribution in [0.2, 0.25) is 0 Å². The van der Waals surface area contributed by atoms with Gasteiger partial charge in [0.2, 0.25) is 5.95 Å². The molecule has 0 aliphatic carbocycles. The molecule has 6 heteroatoms. The molecule has 2 N–H and O–H groups in total. The number of hydrogen-bond donors (Lipinski definition) is 2. The molecule has 0 radical (unpaired) electrons. The summed E-state index contributed by atoms with van der Waals surface area (Å²) in [4.78, 5) is 10.8. The standard InChI is InChI=1S/C12H20N4O2/c1-3-13-12-14-5-4-11(15-12)16-6-10(7-17)18-8-9(16)2/h4-5,9-10,17H,3,6-8H2,1-2H3,(H,13,14,15). The fourth-order valence-electron chi connectivity index (χ4n) is 2.00. The summed E-state index contributed by atoms with van der Waals surface area (Å²) in [5.74, 6) is 1.50. The Morgan fingerprint density at radius 3 is 3.17 bits per heavy atom. The van der Waals surface area contributed by atoms with Crippen LogP contribution in [0.1, 0.15) is 13.8 Å². The van der Waals surface area contributed by atoms with Gasteiger partial charge in [-0.2, -0.15) is 4.98 Å². The van der Waals surface area contributed by atoms with Crippen LogP contribution in [0.15, 0.2) is 12.3 Å². The zero-order chi connectivity index (χ0) is 13.0. The molecule has 1 saturated heterocycles. The number of aliphatic hydroxyl groups is 1. The lowest BCUT2D eigenvalue weighted by atomic mass is 10.2. The van der Waals surface area contributed by atoms with Crippen molar-refractivity contribution in [1.82, 2.24) is 9.97 Å². The second kappa shape index (κ2) is 5.97. The number of ether oxygens (including phenoxy) is 1. The van der Waals surface area contributed by atoms with Gasteiger partial charge in [0.25, 0.3) is 0 Å². The van der Waals surface area contributed by atoms with Gasteiger partial charge in [-0.05, 0) is 19.9 Å². The highest BCUT2D eigenvalue weighted by Gasteiger charge is 2.26. The van der Waals surface area contributed by atoms with Crippen LogP contribution >= 0.6 is 0 Å². The van der Waals surface area contributed by atoms with E-state index in [9.17, 15) is 5.11 Å². The third-order valence-corrected chi connectivity index (χ3v) is 2.98. The topological polar surface area (TPSA) is 70.5 Å². The second-order valence-corrected chi connectivity index (χ2v) is 4.41. The first-order chi connectivity index (χ1) is 8.74. The second-order valence-electron chi connectivity index (χ2n) is 4.41. The molecule has 0 spiro atoms. The lowest BCUT2D eigenvalue weighted by molar-refractivity contribution is -0.0105. The van der Waals surface area contributed by atoms with E-state index in [1.165, 1.54) is 0 Å². The Hall–Kier alpha value is -1.40. The molecule has 2 atom stereocenters. The number of hydrogen-bond acceptors (Lipinski definition) is 6. The van der Waals surface area contributed by atoms with Crippen molar-refractivity contribution < 1.29 is 9.84 Å². The molecule has 18 heavy (non-hydrogen) atoms. The Kier molecular flexibility index (Phi) is 4.33. The molecule has 1 aliphatic rings. The van der Waals surface area contributed by atoms with E-state index in [2.05, 4.69) is 27.1 Å². The van der Waals surface area contributed by atoms with Crippen molar-refractivity contribution in [3.8, 4) is 0 Å². The van der Waals surface area contributed by atoms with Crippen molar-refractivity contribution >= 4 is 11.8 Å². The molecule has 0 bridgehead atoms. The number of nitrogens with zero attached hydrogens (tertiary/aromatic N) is 3. The van der Waals surface area contributed by atoms with E-state index in [0.29, 0.717) is 19.1 Å². The molecule has 100 valence electrons. The smallest absolute Gasteiger partial charge is 0.224 e. The number of nitrogens with one attached hydrogen (secondary N) is 1. The van der Waals surface area contributed by atoms with Gasteiger partial charge in [0.1, 0.15) is 5.82 Å². The van der Waals surface area contributed by atoms with E-state index >= 15 is 0 Å². The van der Waals surface area contributed by atoms with Crippen molar-refractivity contribution in [3.05, 3.63) is 12.3 Å². The van der Waals surface area contributed by atoms with Crippen LogP contribution in [0.25, 0.3) is 0 Å². The summed E-state index contributed by atoms with van der Waals surface area (Å²) in [6, 6.07) is 2.13. The summed E-state index contributed by atoms with van der Waals surface area (Å²) in [6.45, 7) is 6.18. The number of aromatic nitrogens is 2. The van der Waals surface area contributed by atoms with Gasteiger partial charge in [-0.15, -0.1) is 0 Å². The van der Waals surface area contributed by atoms with Gasteiger partial charge in [-0.25, -0.2) is 4.98 Å². The first-order valence-electron chi connectivity index (χ1n) is 6.30. The van der Waals surface area contributed by atoms with Gasteiger partial charge >= 0.3 is 0 Å². The third kappa shape index (κ3) is 2.88. The van der Waals surface area contributed by atoms with Crippen molar-refractivity contribution in [1.29, 1.82) is 0 Å². The summed E-state index contributed by atoms with van der Waals surface area (Å²) >= 11 is 0. The molecule has 0 saturated carbocycles. The zero-order valence-corrected chi connectivity index (χ0v) is 10.8. The number of anilines is 2. The third-order valence-electron chi connectivity index (χ3n) is 2.98. The summed E-state index contributed by atoms with van der Waals surface area (Å²) in [5, 5.41) is 12.3. The average molecular weight is 252 g/mol. The quantitative estimate of drug-likeness (QED) is 0.813. The minimum atomic E-state index is -0.140. The Morgan fingerprint density at radius 1 is 1.61 bits per heavy atom. The molecule has 1 aliphatic heterocycles. The van der Waals surface area contributed by atoms with Crippen LogP contribution < -0.4 is 10.2 Å². The number of rotatable bonds is 4. The SMILES string of the molecule is CCNc1nccc(N2CC(CO)OCC2C)n1. The van der Waals surface area contributed by atoms with Crippen LogP contribution in [-0.2, 0) is 4.74 Å². The lowest BCUT2D eigenvalue weighted by Crippen LogP contribution is -2.50. The molecule has 1 aromatic rings. The van der Waals surface area contributed by atoms with Crippen LogP contribution in [0, 0.1) is 0 Å². The van der Waals surface area contributed by atoms with Crippen molar-refractivity contribution in [2.75, 3.05) is 36.5 Å². The highest BCUT2D eigenvalue weighted by molar-refractivity contribution is 5.44. The minimum absolute atomic E-state index is 0.0361. The zero-order valence-electron chi connectivity index (χ0n) is 10.8. The van der Waals surface area contributed by atoms with Gasteiger partial charge < -0.3 is 20.1 Å².